The molecule has 0 saturated heterocycles. The van der Waals surface area contributed by atoms with E-state index < -0.39 is 40.4 Å². The maximum absolute atomic E-state index is 12.8. The van der Waals surface area contributed by atoms with Crippen molar-refractivity contribution in [2.24, 2.45) is 50.7 Å². The highest BCUT2D eigenvalue weighted by Gasteiger charge is 2.69. The fraction of sp³-hybridized carbons (Fsp3) is 0.867. The number of aliphatic hydroxyl groups excluding tert-OH is 2. The van der Waals surface area contributed by atoms with E-state index in [4.69, 9.17) is 11.6 Å². The molecule has 3 unspecified atom stereocenters. The topological polar surface area (TPSA) is 115 Å². The molecule has 10 atom stereocenters. The second-order valence-corrected chi connectivity index (χ2v) is 15.1. The van der Waals surface area contributed by atoms with Gasteiger partial charge in [-0.25, -0.2) is 0 Å². The van der Waals surface area contributed by atoms with Gasteiger partial charge in [-0.2, -0.15) is 0 Å². The molecule has 3 fully saturated rings. The summed E-state index contributed by atoms with van der Waals surface area (Å²) in [7, 11) is 0. The van der Waals surface area contributed by atoms with Gasteiger partial charge in [0, 0.05) is 5.88 Å². The van der Waals surface area contributed by atoms with Gasteiger partial charge in [0.15, 0.2) is 0 Å². The summed E-state index contributed by atoms with van der Waals surface area (Å²) in [4.78, 5) is 25.4. The Morgan fingerprint density at radius 3 is 2.19 bits per heavy atom. The molecule has 0 aliphatic heterocycles. The van der Waals surface area contributed by atoms with Gasteiger partial charge in [0.2, 0.25) is 0 Å². The van der Waals surface area contributed by atoms with Crippen LogP contribution in [0.25, 0.3) is 0 Å². The summed E-state index contributed by atoms with van der Waals surface area (Å²) in [5, 5.41) is 42.7. The fourth-order valence-corrected chi connectivity index (χ4v) is 10.9. The lowest BCUT2D eigenvalue weighted by Crippen LogP contribution is -2.67. The third-order valence-electron chi connectivity index (χ3n) is 12.6. The van der Waals surface area contributed by atoms with Crippen LogP contribution in [0.1, 0.15) is 92.4 Å². The van der Waals surface area contributed by atoms with Crippen molar-refractivity contribution in [3.05, 3.63) is 11.1 Å². The number of hydrogen-bond donors (Lipinski definition) is 4. The van der Waals surface area contributed by atoms with Crippen LogP contribution in [0.3, 0.4) is 0 Å². The van der Waals surface area contributed by atoms with Crippen molar-refractivity contribution in [1.82, 2.24) is 0 Å². The highest BCUT2D eigenvalue weighted by molar-refractivity contribution is 6.18. The third kappa shape index (κ3) is 3.50. The van der Waals surface area contributed by atoms with Crippen LogP contribution in [0.2, 0.25) is 0 Å². The van der Waals surface area contributed by atoms with Gasteiger partial charge in [-0.1, -0.05) is 38.8 Å². The van der Waals surface area contributed by atoms with Gasteiger partial charge in [-0.15, -0.1) is 11.6 Å². The number of rotatable bonds is 3. The number of allylic oxidation sites excluding steroid dienone is 2. The van der Waals surface area contributed by atoms with E-state index in [1.165, 1.54) is 11.1 Å². The zero-order valence-corrected chi connectivity index (χ0v) is 23.8. The van der Waals surface area contributed by atoms with E-state index in [9.17, 15) is 30.0 Å². The summed E-state index contributed by atoms with van der Waals surface area (Å²) in [5.41, 5.74) is -0.0655. The molecule has 0 aromatic rings. The average Bonchev–Trinajstić information content (AvgIpc) is 2.81. The Labute approximate surface area is 225 Å². The predicted octanol–water partition coefficient (Wildman–Crippen LogP) is 5.49. The molecule has 7 heteroatoms. The molecule has 0 radical (unpaired) electrons. The zero-order valence-electron chi connectivity index (χ0n) is 23.0. The largest absolute Gasteiger partial charge is 0.481 e. The van der Waals surface area contributed by atoms with Crippen molar-refractivity contribution < 1.29 is 30.0 Å². The maximum atomic E-state index is 12.8. The summed E-state index contributed by atoms with van der Waals surface area (Å²) in [6.07, 6.45) is 4.09. The molecule has 5 aliphatic carbocycles. The number of carbonyl (C=O) groups is 2. The molecule has 0 aromatic carbocycles. The molecule has 0 spiro atoms. The minimum absolute atomic E-state index is 0.0207. The van der Waals surface area contributed by atoms with Gasteiger partial charge in [-0.05, 0) is 105 Å². The smallest absolute Gasteiger partial charge is 0.312 e. The minimum Gasteiger partial charge on any atom is -0.481 e. The van der Waals surface area contributed by atoms with Gasteiger partial charge in [-0.3, -0.25) is 9.59 Å². The first-order chi connectivity index (χ1) is 17.1. The van der Waals surface area contributed by atoms with Gasteiger partial charge < -0.3 is 20.4 Å². The van der Waals surface area contributed by atoms with Crippen LogP contribution < -0.4 is 0 Å². The summed E-state index contributed by atoms with van der Waals surface area (Å²) in [5.74, 6) is -1.43. The molecular weight excluding hydrogens is 492 g/mol. The van der Waals surface area contributed by atoms with E-state index in [2.05, 4.69) is 27.7 Å². The number of carboxylic acid groups (broad SMARTS) is 2. The summed E-state index contributed by atoms with van der Waals surface area (Å²) >= 11 is 6.72. The van der Waals surface area contributed by atoms with E-state index in [0.717, 1.165) is 32.1 Å². The van der Waals surface area contributed by atoms with E-state index in [0.29, 0.717) is 31.6 Å². The Hall–Kier alpha value is -1.11. The van der Waals surface area contributed by atoms with Crippen LogP contribution in [0.15, 0.2) is 11.1 Å². The second-order valence-electron chi connectivity index (χ2n) is 14.8. The van der Waals surface area contributed by atoms with Crippen LogP contribution >= 0.6 is 11.6 Å². The molecule has 0 bridgehead atoms. The molecule has 0 aromatic heterocycles. The van der Waals surface area contributed by atoms with E-state index in [1.54, 1.807) is 6.92 Å². The van der Waals surface area contributed by atoms with Crippen molar-refractivity contribution in [2.45, 2.75) is 105 Å². The summed E-state index contributed by atoms with van der Waals surface area (Å²) in [6, 6.07) is 0. The van der Waals surface area contributed by atoms with Gasteiger partial charge in [0.1, 0.15) is 0 Å². The molecule has 4 N–H and O–H groups in total. The van der Waals surface area contributed by atoms with Crippen LogP contribution in [0.5, 0.6) is 0 Å². The molecular formula is C30H45ClO6. The summed E-state index contributed by atoms with van der Waals surface area (Å²) in [6.45, 7) is 10.6. The SMILES string of the molecule is CC1(C)CC[C@]2(C(=O)O)CCC3=C(C2C1)[C@@H](CCl)CC1[C@@]2(C)C[C@H](O)[C@H](O)[C@@](C)(C(=O)O)C2CC[C@@]31C. The van der Waals surface area contributed by atoms with Gasteiger partial charge >= 0.3 is 11.9 Å². The normalized spacial score (nSPS) is 50.8. The molecule has 0 amide bonds. The average molecular weight is 537 g/mol. The first-order valence-electron chi connectivity index (χ1n) is 14.2. The predicted molar refractivity (Wildman–Crippen MR) is 141 cm³/mol. The zero-order chi connectivity index (χ0) is 27.3. The highest BCUT2D eigenvalue weighted by Crippen LogP contribution is 2.72. The lowest BCUT2D eigenvalue weighted by molar-refractivity contribution is -0.225. The maximum Gasteiger partial charge on any atom is 0.312 e. The molecule has 5 rings (SSSR count). The number of halogens is 1. The standard InChI is InChI=1S/C30H45ClO6/c1-26(2)10-11-30(25(36)37)9-6-17-22(18(30)13-26)16(15-31)12-21-27(17,3)8-7-20-28(21,4)14-19(32)23(33)29(20,5)24(34)35/h16,18-21,23,32-33H,6-15H2,1-5H3,(H,34,35)(H,36,37)/t16-,18?,19+,20?,21?,23+,27+,28+,29+,30-/m1/s1. The van der Waals surface area contributed by atoms with E-state index >= 15 is 0 Å². The monoisotopic (exact) mass is 536 g/mol. The Balaban J connectivity index is 1.65. The molecule has 3 saturated carbocycles. The van der Waals surface area contributed by atoms with Crippen molar-refractivity contribution >= 4 is 23.5 Å². The molecule has 208 valence electrons. The highest BCUT2D eigenvalue weighted by atomic mass is 35.5. The lowest BCUT2D eigenvalue weighted by atomic mass is 9.37. The first-order valence-corrected chi connectivity index (χ1v) is 14.7. The van der Waals surface area contributed by atoms with Crippen molar-refractivity contribution in [3.8, 4) is 0 Å². The van der Waals surface area contributed by atoms with Crippen molar-refractivity contribution in [1.29, 1.82) is 0 Å². The first kappa shape index (κ1) is 27.5. The van der Waals surface area contributed by atoms with Gasteiger partial charge in [0.25, 0.3) is 0 Å². The van der Waals surface area contributed by atoms with Crippen molar-refractivity contribution in [2.75, 3.05) is 5.88 Å². The number of carboxylic acids is 2. The Kier molecular flexibility index (Phi) is 6.27. The van der Waals surface area contributed by atoms with Crippen LogP contribution in [0.4, 0.5) is 0 Å². The minimum atomic E-state index is -1.42. The summed E-state index contributed by atoms with van der Waals surface area (Å²) < 4.78 is 0. The lowest BCUT2D eigenvalue weighted by Gasteiger charge is -2.67. The fourth-order valence-electron chi connectivity index (χ4n) is 10.6. The van der Waals surface area contributed by atoms with Gasteiger partial charge in [0.05, 0.1) is 23.0 Å². The number of aliphatic hydroxyl groups is 2. The Bertz CT molecular complexity index is 1040. The van der Waals surface area contributed by atoms with E-state index in [-0.39, 0.29) is 34.5 Å². The Morgan fingerprint density at radius 1 is 0.919 bits per heavy atom. The van der Waals surface area contributed by atoms with Crippen LogP contribution in [-0.2, 0) is 9.59 Å². The molecule has 37 heavy (non-hydrogen) atoms. The van der Waals surface area contributed by atoms with Crippen molar-refractivity contribution in [3.63, 3.8) is 0 Å². The van der Waals surface area contributed by atoms with Crippen LogP contribution in [0, 0.1) is 50.7 Å². The molecule has 5 aliphatic rings. The molecule has 6 nitrogen and oxygen atoms in total. The number of fused-ring (bicyclic) bond motifs is 6. The number of alkyl halides is 1. The second kappa shape index (κ2) is 8.44. The quantitative estimate of drug-likeness (QED) is 0.280. The van der Waals surface area contributed by atoms with Crippen LogP contribution in [-0.4, -0.2) is 50.5 Å². The van der Waals surface area contributed by atoms with E-state index in [1.807, 2.05) is 0 Å². The number of aliphatic carboxylic acids is 2. The molecule has 0 heterocycles. The Morgan fingerprint density at radius 2 is 1.59 bits per heavy atom. The number of hydrogen-bond acceptors (Lipinski definition) is 4. The third-order valence-corrected chi connectivity index (χ3v) is 13.0.